The van der Waals surface area contributed by atoms with Crippen LogP contribution in [0.4, 0.5) is 5.69 Å². The van der Waals surface area contributed by atoms with Crippen molar-refractivity contribution in [2.24, 2.45) is 0 Å². The van der Waals surface area contributed by atoms with Gasteiger partial charge in [-0.3, -0.25) is 4.79 Å². The highest BCUT2D eigenvalue weighted by atomic mass is 32.2. The molecule has 29 heavy (non-hydrogen) atoms. The molecule has 1 amide bonds. The van der Waals surface area contributed by atoms with Crippen LogP contribution in [0.5, 0.6) is 11.5 Å². The number of amides is 1. The molecule has 0 radical (unpaired) electrons. The molecule has 0 unspecified atom stereocenters. The molecule has 2 aromatic carbocycles. The van der Waals surface area contributed by atoms with Crippen LogP contribution in [-0.4, -0.2) is 21.4 Å². The first kappa shape index (κ1) is 19.3. The summed E-state index contributed by atoms with van der Waals surface area (Å²) in [4.78, 5) is 11.3. The first-order valence-electron chi connectivity index (χ1n) is 9.32. The maximum Gasteiger partial charge on any atom is 0.339 e. The molecular weight excluding hydrogens is 394 g/mol. The van der Waals surface area contributed by atoms with Gasteiger partial charge in [0.15, 0.2) is 0 Å². The highest BCUT2D eigenvalue weighted by molar-refractivity contribution is 7.87. The average molecular weight is 415 g/mol. The molecule has 1 aliphatic rings. The summed E-state index contributed by atoms with van der Waals surface area (Å²) in [7, 11) is -2.67. The fourth-order valence-electron chi connectivity index (χ4n) is 3.60. The van der Waals surface area contributed by atoms with Crippen LogP contribution in [0, 0.1) is 0 Å². The summed E-state index contributed by atoms with van der Waals surface area (Å²) in [5, 5.41) is 3.45. The van der Waals surface area contributed by atoms with E-state index >= 15 is 0 Å². The van der Waals surface area contributed by atoms with Crippen LogP contribution in [0.2, 0.25) is 0 Å². The zero-order chi connectivity index (χ0) is 20.6. The van der Waals surface area contributed by atoms with E-state index in [4.69, 9.17) is 13.3 Å². The van der Waals surface area contributed by atoms with Gasteiger partial charge in [-0.1, -0.05) is 0 Å². The van der Waals surface area contributed by atoms with Crippen molar-refractivity contribution in [2.75, 3.05) is 12.4 Å². The number of nitrogens with one attached hydrogen (secondary N) is 1. The number of aryl methyl sites for hydroxylation is 2. The van der Waals surface area contributed by atoms with Crippen LogP contribution in [0.1, 0.15) is 31.1 Å². The molecule has 1 aromatic heterocycles. The Morgan fingerprint density at radius 3 is 2.66 bits per heavy atom. The molecule has 1 heterocycles. The molecule has 152 valence electrons. The van der Waals surface area contributed by atoms with E-state index in [1.54, 1.807) is 18.2 Å². The summed E-state index contributed by atoms with van der Waals surface area (Å²) in [5.41, 5.74) is 2.12. The van der Waals surface area contributed by atoms with E-state index in [1.807, 2.05) is 0 Å². The summed E-state index contributed by atoms with van der Waals surface area (Å²) in [6.07, 6.45) is 3.99. The van der Waals surface area contributed by atoms with Crippen LogP contribution in [0.25, 0.3) is 11.0 Å². The fourth-order valence-corrected chi connectivity index (χ4v) is 4.55. The van der Waals surface area contributed by atoms with E-state index in [0.29, 0.717) is 5.75 Å². The molecule has 0 fully saturated rings. The lowest BCUT2D eigenvalue weighted by Crippen LogP contribution is -2.12. The molecule has 1 N–H and O–H groups in total. The molecule has 0 aliphatic heterocycles. The first-order chi connectivity index (χ1) is 13.9. The van der Waals surface area contributed by atoms with Crippen molar-refractivity contribution in [2.45, 2.75) is 37.5 Å². The van der Waals surface area contributed by atoms with E-state index in [9.17, 15) is 13.2 Å². The van der Waals surface area contributed by atoms with E-state index in [1.165, 1.54) is 32.2 Å². The van der Waals surface area contributed by atoms with Crippen molar-refractivity contribution >= 4 is 32.7 Å². The van der Waals surface area contributed by atoms with E-state index in [-0.39, 0.29) is 22.2 Å². The number of rotatable bonds is 5. The topological polar surface area (TPSA) is 94.8 Å². The van der Waals surface area contributed by atoms with E-state index in [2.05, 4.69) is 5.32 Å². The Labute approximate surface area is 168 Å². The number of ether oxygens (including phenoxy) is 1. The number of fused-ring (bicyclic) bond motifs is 3. The Hall–Kier alpha value is -3.00. The second-order valence-corrected chi connectivity index (χ2v) is 8.50. The van der Waals surface area contributed by atoms with Crippen LogP contribution < -0.4 is 14.2 Å². The van der Waals surface area contributed by atoms with Gasteiger partial charge in [0.05, 0.1) is 12.8 Å². The van der Waals surface area contributed by atoms with Gasteiger partial charge in [0.25, 0.3) is 0 Å². The molecule has 0 saturated carbocycles. The lowest BCUT2D eigenvalue weighted by Gasteiger charge is -2.12. The predicted molar refractivity (Wildman–Crippen MR) is 108 cm³/mol. The lowest BCUT2D eigenvalue weighted by molar-refractivity contribution is -0.114. The summed E-state index contributed by atoms with van der Waals surface area (Å²) in [6, 6.07) is 9.17. The van der Waals surface area contributed by atoms with Gasteiger partial charge in [0.2, 0.25) is 5.91 Å². The molecule has 0 saturated heterocycles. The smallest absolute Gasteiger partial charge is 0.339 e. The molecule has 0 spiro atoms. The second kappa shape index (κ2) is 7.44. The number of methoxy groups -OCH3 is 1. The van der Waals surface area contributed by atoms with Crippen molar-refractivity contribution in [1.82, 2.24) is 0 Å². The SMILES string of the molecule is COc1ccc(S(=O)(=O)Oc2ccc3oc4c(c3c2)CCCC4)cc1NC(C)=O. The van der Waals surface area contributed by atoms with Crippen molar-refractivity contribution in [1.29, 1.82) is 0 Å². The molecule has 3 aromatic rings. The second-order valence-electron chi connectivity index (χ2n) is 6.95. The van der Waals surface area contributed by atoms with Gasteiger partial charge < -0.3 is 18.7 Å². The Morgan fingerprint density at radius 1 is 1.10 bits per heavy atom. The predicted octanol–water partition coefficient (Wildman–Crippen LogP) is 4.05. The molecule has 4 rings (SSSR count). The number of carbonyl (C=O) groups excluding carboxylic acids is 1. The molecule has 0 bridgehead atoms. The molecule has 1 aliphatic carbocycles. The highest BCUT2D eigenvalue weighted by Gasteiger charge is 2.22. The average Bonchev–Trinajstić information content (AvgIpc) is 3.05. The largest absolute Gasteiger partial charge is 0.495 e. The van der Waals surface area contributed by atoms with Gasteiger partial charge in [0, 0.05) is 24.3 Å². The molecule has 8 heteroatoms. The van der Waals surface area contributed by atoms with Gasteiger partial charge in [-0.15, -0.1) is 0 Å². The summed E-state index contributed by atoms with van der Waals surface area (Å²) in [6.45, 7) is 1.33. The quantitative estimate of drug-likeness (QED) is 0.632. The summed E-state index contributed by atoms with van der Waals surface area (Å²) >= 11 is 0. The first-order valence-corrected chi connectivity index (χ1v) is 10.7. The Kier molecular flexibility index (Phi) is 4.96. The van der Waals surface area contributed by atoms with Crippen molar-refractivity contribution in [3.8, 4) is 11.5 Å². The summed E-state index contributed by atoms with van der Waals surface area (Å²) in [5.74, 6) is 1.20. The molecular formula is C21H21NO6S. The van der Waals surface area contributed by atoms with Crippen LogP contribution in [-0.2, 0) is 27.8 Å². The minimum Gasteiger partial charge on any atom is -0.495 e. The fraction of sp³-hybridized carbons (Fsp3) is 0.286. The zero-order valence-corrected chi connectivity index (χ0v) is 17.0. The third kappa shape index (κ3) is 3.80. The monoisotopic (exact) mass is 415 g/mol. The maximum absolute atomic E-state index is 12.8. The number of furan rings is 1. The summed E-state index contributed by atoms with van der Waals surface area (Å²) < 4.78 is 42.0. The molecule has 0 atom stereocenters. The number of carbonyl (C=O) groups is 1. The van der Waals surface area contributed by atoms with Gasteiger partial charge in [0.1, 0.15) is 27.7 Å². The van der Waals surface area contributed by atoms with Gasteiger partial charge in [-0.25, -0.2) is 0 Å². The van der Waals surface area contributed by atoms with Crippen LogP contribution in [0.3, 0.4) is 0 Å². The number of hydrogen-bond donors (Lipinski definition) is 1. The lowest BCUT2D eigenvalue weighted by atomic mass is 9.96. The number of hydrogen-bond acceptors (Lipinski definition) is 6. The van der Waals surface area contributed by atoms with Gasteiger partial charge in [-0.05, 0) is 55.7 Å². The third-order valence-electron chi connectivity index (χ3n) is 4.90. The Bertz CT molecular complexity index is 1200. The molecule has 7 nitrogen and oxygen atoms in total. The third-order valence-corrected chi connectivity index (χ3v) is 6.15. The van der Waals surface area contributed by atoms with Crippen molar-refractivity contribution < 1.29 is 26.5 Å². The minimum absolute atomic E-state index is 0.0867. The van der Waals surface area contributed by atoms with E-state index in [0.717, 1.165) is 48.0 Å². The van der Waals surface area contributed by atoms with Crippen LogP contribution in [0.15, 0.2) is 45.7 Å². The van der Waals surface area contributed by atoms with Crippen molar-refractivity contribution in [3.63, 3.8) is 0 Å². The standard InChI is InChI=1S/C21H21NO6S/c1-13(23)22-18-12-15(8-10-21(18)26-2)29(24,25)28-14-7-9-20-17(11-14)16-5-3-4-6-19(16)27-20/h7-12H,3-6H2,1-2H3,(H,22,23). The minimum atomic E-state index is -4.11. The van der Waals surface area contributed by atoms with Gasteiger partial charge >= 0.3 is 10.1 Å². The maximum atomic E-state index is 12.8. The number of anilines is 1. The van der Waals surface area contributed by atoms with Gasteiger partial charge in [-0.2, -0.15) is 8.42 Å². The van der Waals surface area contributed by atoms with E-state index < -0.39 is 10.1 Å². The Balaban J connectivity index is 1.67. The number of benzene rings is 2. The Morgan fingerprint density at radius 2 is 1.90 bits per heavy atom. The van der Waals surface area contributed by atoms with Crippen LogP contribution >= 0.6 is 0 Å². The normalized spacial score (nSPS) is 13.7. The van der Waals surface area contributed by atoms with Crippen molar-refractivity contribution in [3.05, 3.63) is 47.7 Å². The zero-order valence-electron chi connectivity index (χ0n) is 16.2. The highest BCUT2D eigenvalue weighted by Crippen LogP contribution is 2.35.